The number of thioether (sulfide) groups is 1. The van der Waals surface area contributed by atoms with Gasteiger partial charge in [0, 0.05) is 29.9 Å². The van der Waals surface area contributed by atoms with Gasteiger partial charge in [-0.05, 0) is 55.2 Å². The first-order chi connectivity index (χ1) is 16.0. The Labute approximate surface area is 202 Å². The predicted molar refractivity (Wildman–Crippen MR) is 131 cm³/mol. The van der Waals surface area contributed by atoms with Crippen LogP contribution in [0.15, 0.2) is 53.7 Å². The van der Waals surface area contributed by atoms with Crippen LogP contribution >= 0.6 is 23.4 Å². The van der Waals surface area contributed by atoms with Crippen LogP contribution in [0.2, 0.25) is 5.02 Å². The van der Waals surface area contributed by atoms with Crippen LogP contribution in [-0.2, 0) is 18.3 Å². The molecule has 0 radical (unpaired) electrons. The second kappa shape index (κ2) is 10.4. The van der Waals surface area contributed by atoms with Crippen LogP contribution < -0.4 is 5.32 Å². The molecule has 4 rings (SSSR count). The fourth-order valence-corrected chi connectivity index (χ4v) is 4.89. The molecule has 172 valence electrons. The average Bonchev–Trinajstić information content (AvgIpc) is 3.44. The molecule has 1 atom stereocenters. The van der Waals surface area contributed by atoms with E-state index in [2.05, 4.69) is 22.4 Å². The third kappa shape index (κ3) is 5.23. The quantitative estimate of drug-likeness (QED) is 0.491. The molecule has 1 fully saturated rings. The SMILES string of the molecule is CCc1ccccc1NC(=O)CSc1nnc(C2CCCN2C(=O)c2ccc(Cl)cc2)n1C. The van der Waals surface area contributed by atoms with Crippen molar-refractivity contribution in [2.24, 2.45) is 7.05 Å². The van der Waals surface area contributed by atoms with E-state index in [1.54, 1.807) is 24.3 Å². The lowest BCUT2D eigenvalue weighted by atomic mass is 10.1. The van der Waals surface area contributed by atoms with Crippen LogP contribution in [0.1, 0.15) is 47.6 Å². The van der Waals surface area contributed by atoms with Crippen molar-refractivity contribution in [3.8, 4) is 0 Å². The molecule has 1 saturated heterocycles. The number of amides is 2. The molecule has 0 spiro atoms. The van der Waals surface area contributed by atoms with Crippen molar-refractivity contribution in [1.29, 1.82) is 0 Å². The third-order valence-corrected chi connectivity index (χ3v) is 7.05. The largest absolute Gasteiger partial charge is 0.328 e. The number of para-hydroxylation sites is 1. The summed E-state index contributed by atoms with van der Waals surface area (Å²) in [5, 5.41) is 12.9. The highest BCUT2D eigenvalue weighted by atomic mass is 35.5. The van der Waals surface area contributed by atoms with E-state index >= 15 is 0 Å². The number of halogens is 1. The maximum absolute atomic E-state index is 13.1. The van der Waals surface area contributed by atoms with Crippen LogP contribution in [0, 0.1) is 0 Å². The number of nitrogens with zero attached hydrogens (tertiary/aromatic N) is 4. The number of carbonyl (C=O) groups is 2. The molecule has 7 nitrogen and oxygen atoms in total. The lowest BCUT2D eigenvalue weighted by Crippen LogP contribution is -2.31. The van der Waals surface area contributed by atoms with Crippen LogP contribution in [0.5, 0.6) is 0 Å². The maximum Gasteiger partial charge on any atom is 0.254 e. The highest BCUT2D eigenvalue weighted by molar-refractivity contribution is 7.99. The Hall–Kier alpha value is -2.84. The van der Waals surface area contributed by atoms with Gasteiger partial charge in [-0.15, -0.1) is 10.2 Å². The van der Waals surface area contributed by atoms with Crippen molar-refractivity contribution >= 4 is 40.9 Å². The molecule has 33 heavy (non-hydrogen) atoms. The zero-order chi connectivity index (χ0) is 23.4. The van der Waals surface area contributed by atoms with Crippen LogP contribution in [-0.4, -0.2) is 43.8 Å². The van der Waals surface area contributed by atoms with Gasteiger partial charge in [0.25, 0.3) is 5.91 Å². The standard InChI is InChI=1S/C24H26ClN5O2S/c1-3-16-7-4-5-8-19(16)26-21(31)15-33-24-28-27-22(29(24)2)20-9-6-14-30(20)23(32)17-10-12-18(25)13-11-17/h4-5,7-8,10-13,20H,3,6,9,14-15H2,1-2H3,(H,26,31). The monoisotopic (exact) mass is 483 g/mol. The van der Waals surface area contributed by atoms with Crippen molar-refractivity contribution in [1.82, 2.24) is 19.7 Å². The van der Waals surface area contributed by atoms with Gasteiger partial charge in [-0.2, -0.15) is 0 Å². The van der Waals surface area contributed by atoms with Crippen molar-refractivity contribution in [3.63, 3.8) is 0 Å². The Bertz CT molecular complexity index is 1150. The zero-order valence-electron chi connectivity index (χ0n) is 18.6. The Kier molecular flexibility index (Phi) is 7.35. The topological polar surface area (TPSA) is 80.1 Å². The number of hydrogen-bond donors (Lipinski definition) is 1. The van der Waals surface area contributed by atoms with Gasteiger partial charge in [-0.1, -0.05) is 48.5 Å². The minimum atomic E-state index is -0.148. The van der Waals surface area contributed by atoms with Crippen molar-refractivity contribution < 1.29 is 9.59 Å². The van der Waals surface area contributed by atoms with Crippen molar-refractivity contribution in [3.05, 3.63) is 70.5 Å². The fourth-order valence-electron chi connectivity index (χ4n) is 4.05. The van der Waals surface area contributed by atoms with Gasteiger partial charge in [0.2, 0.25) is 5.91 Å². The molecule has 2 aromatic carbocycles. The van der Waals surface area contributed by atoms with E-state index in [0.29, 0.717) is 22.3 Å². The summed E-state index contributed by atoms with van der Waals surface area (Å²) in [5.74, 6) is 0.822. The number of aromatic nitrogens is 3. The normalized spacial score (nSPS) is 15.6. The number of hydrogen-bond acceptors (Lipinski definition) is 5. The Morgan fingerprint density at radius 2 is 1.91 bits per heavy atom. The average molecular weight is 484 g/mol. The molecule has 1 aromatic heterocycles. The summed E-state index contributed by atoms with van der Waals surface area (Å²) in [5.41, 5.74) is 2.54. The molecule has 3 aromatic rings. The maximum atomic E-state index is 13.1. The van der Waals surface area contributed by atoms with E-state index in [0.717, 1.165) is 36.3 Å². The second-order valence-electron chi connectivity index (χ2n) is 7.91. The molecule has 1 aliphatic heterocycles. The highest BCUT2D eigenvalue weighted by Gasteiger charge is 2.34. The summed E-state index contributed by atoms with van der Waals surface area (Å²) in [7, 11) is 1.88. The van der Waals surface area contributed by atoms with E-state index in [9.17, 15) is 9.59 Å². The first kappa shape index (κ1) is 23.3. The third-order valence-electron chi connectivity index (χ3n) is 5.78. The fraction of sp³-hybridized carbons (Fsp3) is 0.333. The van der Waals surface area contributed by atoms with E-state index in [-0.39, 0.29) is 23.6 Å². The minimum Gasteiger partial charge on any atom is -0.328 e. The lowest BCUT2D eigenvalue weighted by molar-refractivity contribution is -0.113. The summed E-state index contributed by atoms with van der Waals surface area (Å²) < 4.78 is 1.88. The molecule has 9 heteroatoms. The number of benzene rings is 2. The molecule has 2 amide bonds. The van der Waals surface area contributed by atoms with Gasteiger partial charge >= 0.3 is 0 Å². The van der Waals surface area contributed by atoms with Crippen LogP contribution in [0.4, 0.5) is 5.69 Å². The van der Waals surface area contributed by atoms with Gasteiger partial charge in [0.05, 0.1) is 11.8 Å². The molecule has 2 heterocycles. The smallest absolute Gasteiger partial charge is 0.254 e. The highest BCUT2D eigenvalue weighted by Crippen LogP contribution is 2.33. The van der Waals surface area contributed by atoms with Gasteiger partial charge in [0.15, 0.2) is 11.0 Å². The minimum absolute atomic E-state index is 0.0414. The second-order valence-corrected chi connectivity index (χ2v) is 9.29. The van der Waals surface area contributed by atoms with E-state index < -0.39 is 0 Å². The molecule has 0 saturated carbocycles. The summed E-state index contributed by atoms with van der Waals surface area (Å²) in [6, 6.07) is 14.6. The summed E-state index contributed by atoms with van der Waals surface area (Å²) in [6.07, 6.45) is 2.58. The Balaban J connectivity index is 1.42. The molecule has 1 N–H and O–H groups in total. The van der Waals surface area contributed by atoms with E-state index in [1.165, 1.54) is 11.8 Å². The summed E-state index contributed by atoms with van der Waals surface area (Å²) >= 11 is 7.29. The van der Waals surface area contributed by atoms with Gasteiger partial charge in [0.1, 0.15) is 0 Å². The zero-order valence-corrected chi connectivity index (χ0v) is 20.2. The number of nitrogens with one attached hydrogen (secondary N) is 1. The number of aryl methyl sites for hydroxylation is 1. The molecule has 1 unspecified atom stereocenters. The van der Waals surface area contributed by atoms with E-state index in [4.69, 9.17) is 11.6 Å². The molecule has 0 bridgehead atoms. The Morgan fingerprint density at radius 1 is 1.15 bits per heavy atom. The summed E-state index contributed by atoms with van der Waals surface area (Å²) in [6.45, 7) is 2.73. The predicted octanol–water partition coefficient (Wildman–Crippen LogP) is 4.74. The first-order valence-corrected chi connectivity index (χ1v) is 12.3. The summed E-state index contributed by atoms with van der Waals surface area (Å²) in [4.78, 5) is 27.4. The number of anilines is 1. The number of carbonyl (C=O) groups excluding carboxylic acids is 2. The van der Waals surface area contributed by atoms with Gasteiger partial charge in [-0.25, -0.2) is 0 Å². The van der Waals surface area contributed by atoms with Gasteiger partial charge in [-0.3, -0.25) is 9.59 Å². The number of rotatable bonds is 7. The van der Waals surface area contributed by atoms with Crippen LogP contribution in [0.3, 0.4) is 0 Å². The molecular weight excluding hydrogens is 458 g/mol. The molecule has 0 aliphatic carbocycles. The number of likely N-dealkylation sites (tertiary alicyclic amines) is 1. The first-order valence-electron chi connectivity index (χ1n) is 10.9. The van der Waals surface area contributed by atoms with Crippen molar-refractivity contribution in [2.75, 3.05) is 17.6 Å². The molecule has 1 aliphatic rings. The lowest BCUT2D eigenvalue weighted by Gasteiger charge is -2.24. The Morgan fingerprint density at radius 3 is 2.67 bits per heavy atom. The molecular formula is C24H26ClN5O2S. The van der Waals surface area contributed by atoms with Crippen molar-refractivity contribution in [2.45, 2.75) is 37.4 Å². The van der Waals surface area contributed by atoms with Gasteiger partial charge < -0.3 is 14.8 Å². The van der Waals surface area contributed by atoms with Crippen LogP contribution in [0.25, 0.3) is 0 Å². The van der Waals surface area contributed by atoms with E-state index in [1.807, 2.05) is 40.8 Å².